The summed E-state index contributed by atoms with van der Waals surface area (Å²) in [5.41, 5.74) is 1.30. The second kappa shape index (κ2) is 5.89. The van der Waals surface area contributed by atoms with E-state index in [0.29, 0.717) is 17.9 Å². The Kier molecular flexibility index (Phi) is 4.51. The lowest BCUT2D eigenvalue weighted by molar-refractivity contribution is -0.136. The molecule has 1 aromatic carbocycles. The summed E-state index contributed by atoms with van der Waals surface area (Å²) >= 11 is 0. The van der Waals surface area contributed by atoms with Crippen LogP contribution in [-0.2, 0) is 16.0 Å². The Bertz CT molecular complexity index is 429. The number of hydrogen-bond acceptors (Lipinski definition) is 3. The largest absolute Gasteiger partial charge is 0.495 e. The number of ether oxygens (including phenoxy) is 1. The molecule has 0 aromatic heterocycles. The minimum Gasteiger partial charge on any atom is -0.495 e. The summed E-state index contributed by atoms with van der Waals surface area (Å²) in [6.45, 7) is 1.40. The quantitative estimate of drug-likeness (QED) is 0.816. The van der Waals surface area contributed by atoms with Gasteiger partial charge in [0, 0.05) is 13.3 Å². The van der Waals surface area contributed by atoms with E-state index in [1.165, 1.54) is 14.0 Å². The number of benzene rings is 1. The van der Waals surface area contributed by atoms with Gasteiger partial charge in [-0.3, -0.25) is 9.59 Å². The predicted octanol–water partition coefficient (Wildman–Crippen LogP) is 1.67. The maximum atomic E-state index is 11.1. The number of methoxy groups -OCH3 is 1. The first-order valence-electron chi connectivity index (χ1n) is 5.20. The number of aryl methyl sites for hydroxylation is 1. The predicted molar refractivity (Wildman–Crippen MR) is 63.3 cm³/mol. The summed E-state index contributed by atoms with van der Waals surface area (Å²) in [5, 5.41) is 11.3. The third-order valence-electron chi connectivity index (χ3n) is 2.24. The Morgan fingerprint density at radius 1 is 1.41 bits per heavy atom. The highest BCUT2D eigenvalue weighted by atomic mass is 16.5. The first kappa shape index (κ1) is 13.0. The molecule has 0 aliphatic carbocycles. The molecule has 1 aromatic rings. The Morgan fingerprint density at radius 2 is 2.12 bits per heavy atom. The van der Waals surface area contributed by atoms with Crippen molar-refractivity contribution in [1.29, 1.82) is 0 Å². The topological polar surface area (TPSA) is 75.6 Å². The number of carbonyl (C=O) groups excluding carboxylic acids is 1. The molecule has 0 heterocycles. The standard InChI is InChI=1S/C12H15NO4/c1-8(14)13-12-9(6-7-11(15)16)4-3-5-10(12)17-2/h3-5H,6-7H2,1-2H3,(H,13,14)(H,15,16). The van der Waals surface area contributed by atoms with Crippen LogP contribution in [0, 0.1) is 0 Å². The van der Waals surface area contributed by atoms with E-state index in [1.807, 2.05) is 0 Å². The molecular formula is C12H15NO4. The zero-order valence-corrected chi connectivity index (χ0v) is 9.82. The maximum absolute atomic E-state index is 11.1. The number of hydrogen-bond donors (Lipinski definition) is 2. The van der Waals surface area contributed by atoms with Crippen LogP contribution in [0.4, 0.5) is 5.69 Å². The molecule has 92 valence electrons. The number of carboxylic acids is 1. The SMILES string of the molecule is COc1cccc(CCC(=O)O)c1NC(C)=O. The van der Waals surface area contributed by atoms with Gasteiger partial charge in [-0.2, -0.15) is 0 Å². The number of carboxylic acid groups (broad SMARTS) is 1. The van der Waals surface area contributed by atoms with Gasteiger partial charge in [-0.25, -0.2) is 0 Å². The Hall–Kier alpha value is -2.04. The van der Waals surface area contributed by atoms with Crippen LogP contribution < -0.4 is 10.1 Å². The highest BCUT2D eigenvalue weighted by Crippen LogP contribution is 2.29. The first-order valence-corrected chi connectivity index (χ1v) is 5.20. The summed E-state index contributed by atoms with van der Waals surface area (Å²) in [6.07, 6.45) is 0.363. The molecule has 0 spiro atoms. The Balaban J connectivity index is 3.00. The zero-order chi connectivity index (χ0) is 12.8. The van der Waals surface area contributed by atoms with Gasteiger partial charge in [0.05, 0.1) is 12.8 Å². The number of amides is 1. The fourth-order valence-corrected chi connectivity index (χ4v) is 1.51. The van der Waals surface area contributed by atoms with E-state index in [9.17, 15) is 9.59 Å². The summed E-state index contributed by atoms with van der Waals surface area (Å²) in [6, 6.07) is 5.26. The van der Waals surface area contributed by atoms with E-state index in [2.05, 4.69) is 5.32 Å². The first-order chi connectivity index (χ1) is 8.04. The van der Waals surface area contributed by atoms with E-state index >= 15 is 0 Å². The van der Waals surface area contributed by atoms with Gasteiger partial charge in [-0.05, 0) is 18.1 Å². The number of para-hydroxylation sites is 1. The lowest BCUT2D eigenvalue weighted by Crippen LogP contribution is -2.10. The van der Waals surface area contributed by atoms with E-state index in [4.69, 9.17) is 9.84 Å². The van der Waals surface area contributed by atoms with Gasteiger partial charge in [0.25, 0.3) is 0 Å². The third kappa shape index (κ3) is 3.79. The van der Waals surface area contributed by atoms with E-state index in [-0.39, 0.29) is 12.3 Å². The molecule has 2 N–H and O–H groups in total. The molecule has 0 atom stereocenters. The molecule has 1 rings (SSSR count). The van der Waals surface area contributed by atoms with Crippen LogP contribution in [0.5, 0.6) is 5.75 Å². The average molecular weight is 237 g/mol. The lowest BCUT2D eigenvalue weighted by atomic mass is 10.1. The molecule has 0 saturated heterocycles. The lowest BCUT2D eigenvalue weighted by Gasteiger charge is -2.13. The van der Waals surface area contributed by atoms with Crippen LogP contribution in [-0.4, -0.2) is 24.1 Å². The van der Waals surface area contributed by atoms with Gasteiger partial charge in [-0.15, -0.1) is 0 Å². The van der Waals surface area contributed by atoms with Crippen molar-refractivity contribution in [3.05, 3.63) is 23.8 Å². The molecular weight excluding hydrogens is 222 g/mol. The van der Waals surface area contributed by atoms with Crippen molar-refractivity contribution in [3.8, 4) is 5.75 Å². The molecule has 0 aliphatic rings. The third-order valence-corrected chi connectivity index (χ3v) is 2.24. The summed E-state index contributed by atoms with van der Waals surface area (Å²) in [7, 11) is 1.50. The smallest absolute Gasteiger partial charge is 0.303 e. The number of nitrogens with one attached hydrogen (secondary N) is 1. The molecule has 0 saturated carbocycles. The number of rotatable bonds is 5. The van der Waals surface area contributed by atoms with Gasteiger partial charge in [0.2, 0.25) is 5.91 Å². The van der Waals surface area contributed by atoms with Crippen LogP contribution in [0.1, 0.15) is 18.9 Å². The fraction of sp³-hybridized carbons (Fsp3) is 0.333. The highest BCUT2D eigenvalue weighted by molar-refractivity contribution is 5.91. The molecule has 17 heavy (non-hydrogen) atoms. The molecule has 0 unspecified atom stereocenters. The van der Waals surface area contributed by atoms with Crippen molar-refractivity contribution in [2.45, 2.75) is 19.8 Å². The summed E-state index contributed by atoms with van der Waals surface area (Å²) < 4.78 is 5.13. The number of anilines is 1. The Morgan fingerprint density at radius 3 is 2.65 bits per heavy atom. The molecule has 0 bridgehead atoms. The van der Waals surface area contributed by atoms with Gasteiger partial charge in [0.15, 0.2) is 0 Å². The summed E-state index contributed by atoms with van der Waals surface area (Å²) in [5.74, 6) is -0.559. The number of aliphatic carboxylic acids is 1. The maximum Gasteiger partial charge on any atom is 0.303 e. The van der Waals surface area contributed by atoms with Crippen molar-refractivity contribution >= 4 is 17.6 Å². The van der Waals surface area contributed by atoms with Gasteiger partial charge in [-0.1, -0.05) is 12.1 Å². The van der Waals surface area contributed by atoms with Crippen molar-refractivity contribution in [3.63, 3.8) is 0 Å². The van der Waals surface area contributed by atoms with Crippen LogP contribution in [0.3, 0.4) is 0 Å². The van der Waals surface area contributed by atoms with Crippen molar-refractivity contribution < 1.29 is 19.4 Å². The normalized spacial score (nSPS) is 9.76. The van der Waals surface area contributed by atoms with Crippen molar-refractivity contribution in [2.24, 2.45) is 0 Å². The number of carbonyl (C=O) groups is 2. The molecule has 0 fully saturated rings. The van der Waals surface area contributed by atoms with Gasteiger partial charge < -0.3 is 15.2 Å². The molecule has 1 amide bonds. The van der Waals surface area contributed by atoms with Crippen molar-refractivity contribution in [2.75, 3.05) is 12.4 Å². The Labute approximate surface area is 99.4 Å². The van der Waals surface area contributed by atoms with Crippen LogP contribution in [0.2, 0.25) is 0 Å². The monoisotopic (exact) mass is 237 g/mol. The summed E-state index contributed by atoms with van der Waals surface area (Å²) in [4.78, 5) is 21.6. The minimum absolute atomic E-state index is 0.0136. The van der Waals surface area contributed by atoms with E-state index in [0.717, 1.165) is 5.56 Å². The van der Waals surface area contributed by atoms with Crippen LogP contribution >= 0.6 is 0 Å². The van der Waals surface area contributed by atoms with E-state index < -0.39 is 5.97 Å². The fourth-order valence-electron chi connectivity index (χ4n) is 1.51. The minimum atomic E-state index is -0.874. The molecule has 0 radical (unpaired) electrons. The molecule has 5 heteroatoms. The molecule has 5 nitrogen and oxygen atoms in total. The molecule has 0 aliphatic heterocycles. The van der Waals surface area contributed by atoms with Gasteiger partial charge >= 0.3 is 5.97 Å². The van der Waals surface area contributed by atoms with Crippen molar-refractivity contribution in [1.82, 2.24) is 0 Å². The van der Waals surface area contributed by atoms with E-state index in [1.54, 1.807) is 18.2 Å². The average Bonchev–Trinajstić information content (AvgIpc) is 2.26. The van der Waals surface area contributed by atoms with Gasteiger partial charge in [0.1, 0.15) is 5.75 Å². The second-order valence-electron chi connectivity index (χ2n) is 3.57. The van der Waals surface area contributed by atoms with Crippen LogP contribution in [0.25, 0.3) is 0 Å². The zero-order valence-electron chi connectivity index (χ0n) is 9.82. The van der Waals surface area contributed by atoms with Crippen LogP contribution in [0.15, 0.2) is 18.2 Å². The second-order valence-corrected chi connectivity index (χ2v) is 3.57. The highest BCUT2D eigenvalue weighted by Gasteiger charge is 2.11.